The number of hydrogen-bond donors (Lipinski definition) is 0. The highest BCUT2D eigenvalue weighted by molar-refractivity contribution is 6.30. The van der Waals surface area contributed by atoms with Crippen LogP contribution in [0, 0.1) is 0 Å². The molecule has 1 amide bonds. The third-order valence-corrected chi connectivity index (χ3v) is 4.91. The topological polar surface area (TPSA) is 77.7 Å². The molecule has 7 nitrogen and oxygen atoms in total. The summed E-state index contributed by atoms with van der Waals surface area (Å²) in [5.74, 6) is 1.82. The molecular weight excluding hydrogens is 382 g/mol. The Morgan fingerprint density at radius 2 is 1.96 bits per heavy atom. The van der Waals surface area contributed by atoms with E-state index in [1.165, 1.54) is 7.11 Å². The van der Waals surface area contributed by atoms with Gasteiger partial charge in [0.15, 0.2) is 11.5 Å². The summed E-state index contributed by atoms with van der Waals surface area (Å²) in [6.45, 7) is 0.993. The fraction of sp³-hybridized carbons (Fsp3) is 0.250. The number of likely N-dealkylation sites (tertiary alicyclic amines) is 1. The largest absolute Gasteiger partial charge is 0.493 e. The van der Waals surface area contributed by atoms with E-state index in [1.54, 1.807) is 42.3 Å². The molecule has 0 unspecified atom stereocenters. The summed E-state index contributed by atoms with van der Waals surface area (Å²) in [5.41, 5.74) is 1.25. The molecule has 2 heterocycles. The van der Waals surface area contributed by atoms with Gasteiger partial charge < -0.3 is 18.9 Å². The Hall–Kier alpha value is -3.06. The number of ether oxygens (including phenoxy) is 2. The van der Waals surface area contributed by atoms with E-state index in [2.05, 4.69) is 10.1 Å². The summed E-state index contributed by atoms with van der Waals surface area (Å²) in [5, 5.41) is 4.63. The second-order valence-corrected chi connectivity index (χ2v) is 6.85. The van der Waals surface area contributed by atoms with Gasteiger partial charge in [0.05, 0.1) is 25.7 Å². The van der Waals surface area contributed by atoms with Gasteiger partial charge in [0.1, 0.15) is 0 Å². The molecule has 1 aliphatic rings. The summed E-state index contributed by atoms with van der Waals surface area (Å²) in [7, 11) is 3.06. The Kier molecular flexibility index (Phi) is 4.92. The molecule has 0 radical (unpaired) electrons. The lowest BCUT2D eigenvalue weighted by molar-refractivity contribution is 0.0565. The Morgan fingerprint density at radius 1 is 1.18 bits per heavy atom. The fourth-order valence-corrected chi connectivity index (χ4v) is 3.36. The number of carbonyl (C=O) groups excluding carboxylic acids is 1. The number of halogens is 1. The van der Waals surface area contributed by atoms with Crippen molar-refractivity contribution in [3.05, 3.63) is 58.9 Å². The lowest BCUT2D eigenvalue weighted by Gasteiger charge is -2.37. The zero-order valence-corrected chi connectivity index (χ0v) is 16.1. The Labute approximate surface area is 166 Å². The van der Waals surface area contributed by atoms with E-state index in [9.17, 15) is 4.79 Å². The SMILES string of the molecule is COc1cccc(C(=O)N2CC(c3nc(-c4cccc(Cl)c4)no3)C2)c1OC. The van der Waals surface area contributed by atoms with Crippen LogP contribution >= 0.6 is 11.6 Å². The van der Waals surface area contributed by atoms with Crippen LogP contribution in [0.3, 0.4) is 0 Å². The molecule has 1 aromatic heterocycles. The second-order valence-electron chi connectivity index (χ2n) is 6.41. The van der Waals surface area contributed by atoms with Gasteiger partial charge in [-0.25, -0.2) is 0 Å². The monoisotopic (exact) mass is 399 g/mol. The Balaban J connectivity index is 1.46. The number of methoxy groups -OCH3 is 2. The van der Waals surface area contributed by atoms with E-state index >= 15 is 0 Å². The van der Waals surface area contributed by atoms with Crippen molar-refractivity contribution in [2.45, 2.75) is 5.92 Å². The standard InChI is InChI=1S/C20H18ClN3O4/c1-26-16-8-4-7-15(17(16)27-2)20(25)24-10-13(11-24)19-22-18(23-28-19)12-5-3-6-14(21)9-12/h3-9,13H,10-11H2,1-2H3. The van der Waals surface area contributed by atoms with Gasteiger partial charge in [-0.3, -0.25) is 4.79 Å². The number of hydrogen-bond acceptors (Lipinski definition) is 6. The maximum Gasteiger partial charge on any atom is 0.257 e. The molecule has 2 aromatic carbocycles. The first-order valence-corrected chi connectivity index (χ1v) is 9.08. The van der Waals surface area contributed by atoms with Gasteiger partial charge in [0.25, 0.3) is 5.91 Å². The van der Waals surface area contributed by atoms with Gasteiger partial charge in [-0.1, -0.05) is 35.0 Å². The summed E-state index contributed by atoms with van der Waals surface area (Å²) < 4.78 is 16.0. The lowest BCUT2D eigenvalue weighted by Crippen LogP contribution is -2.48. The highest BCUT2D eigenvalue weighted by Gasteiger charge is 2.37. The molecule has 3 aromatic rings. The smallest absolute Gasteiger partial charge is 0.257 e. The molecule has 4 rings (SSSR count). The van der Waals surface area contributed by atoms with E-state index in [-0.39, 0.29) is 11.8 Å². The zero-order valence-electron chi connectivity index (χ0n) is 15.4. The summed E-state index contributed by atoms with van der Waals surface area (Å²) in [4.78, 5) is 19.0. The van der Waals surface area contributed by atoms with Gasteiger partial charge in [0, 0.05) is 23.7 Å². The van der Waals surface area contributed by atoms with E-state index < -0.39 is 0 Å². The number of aromatic nitrogens is 2. The molecule has 0 saturated carbocycles. The molecule has 0 bridgehead atoms. The average molecular weight is 400 g/mol. The van der Waals surface area contributed by atoms with E-state index in [0.29, 0.717) is 46.9 Å². The van der Waals surface area contributed by atoms with E-state index in [1.807, 2.05) is 12.1 Å². The van der Waals surface area contributed by atoms with Crippen molar-refractivity contribution in [1.29, 1.82) is 0 Å². The van der Waals surface area contributed by atoms with Crippen molar-refractivity contribution >= 4 is 17.5 Å². The predicted octanol–water partition coefficient (Wildman–Crippen LogP) is 3.65. The average Bonchev–Trinajstić information content (AvgIpc) is 3.15. The van der Waals surface area contributed by atoms with Crippen LogP contribution in [0.1, 0.15) is 22.2 Å². The van der Waals surface area contributed by atoms with Crippen molar-refractivity contribution < 1.29 is 18.8 Å². The minimum atomic E-state index is -0.124. The van der Waals surface area contributed by atoms with Crippen molar-refractivity contribution in [2.75, 3.05) is 27.3 Å². The molecule has 28 heavy (non-hydrogen) atoms. The van der Waals surface area contributed by atoms with Crippen LogP contribution in [0.15, 0.2) is 47.0 Å². The number of para-hydroxylation sites is 1. The van der Waals surface area contributed by atoms with Crippen LogP contribution < -0.4 is 9.47 Å². The molecule has 0 spiro atoms. The van der Waals surface area contributed by atoms with Gasteiger partial charge in [0.2, 0.25) is 11.7 Å². The number of nitrogens with zero attached hydrogens (tertiary/aromatic N) is 3. The minimum Gasteiger partial charge on any atom is -0.493 e. The molecule has 8 heteroatoms. The third-order valence-electron chi connectivity index (χ3n) is 4.68. The molecule has 0 N–H and O–H groups in total. The highest BCUT2D eigenvalue weighted by Crippen LogP contribution is 2.34. The first kappa shape index (κ1) is 18.3. The van der Waals surface area contributed by atoms with Gasteiger partial charge in [-0.2, -0.15) is 4.98 Å². The van der Waals surface area contributed by atoms with Crippen molar-refractivity contribution in [3.63, 3.8) is 0 Å². The molecule has 0 atom stereocenters. The zero-order chi connectivity index (χ0) is 19.7. The second kappa shape index (κ2) is 7.52. The minimum absolute atomic E-state index is 0.000914. The fourth-order valence-electron chi connectivity index (χ4n) is 3.17. The molecular formula is C20H18ClN3O4. The summed E-state index contributed by atoms with van der Waals surface area (Å²) in [6, 6.07) is 12.5. The van der Waals surface area contributed by atoms with Crippen LogP contribution in [0.25, 0.3) is 11.4 Å². The molecule has 0 aliphatic carbocycles. The van der Waals surface area contributed by atoms with Crippen LogP contribution in [0.2, 0.25) is 5.02 Å². The maximum atomic E-state index is 12.8. The molecule has 1 aliphatic heterocycles. The highest BCUT2D eigenvalue weighted by atomic mass is 35.5. The first-order valence-electron chi connectivity index (χ1n) is 8.70. The maximum absolute atomic E-state index is 12.8. The van der Waals surface area contributed by atoms with E-state index in [4.69, 9.17) is 25.6 Å². The van der Waals surface area contributed by atoms with Gasteiger partial charge >= 0.3 is 0 Å². The van der Waals surface area contributed by atoms with Crippen LogP contribution in [0.5, 0.6) is 11.5 Å². The number of carbonyl (C=O) groups is 1. The van der Waals surface area contributed by atoms with Crippen LogP contribution in [-0.4, -0.2) is 48.3 Å². The van der Waals surface area contributed by atoms with Crippen LogP contribution in [-0.2, 0) is 0 Å². The van der Waals surface area contributed by atoms with Crippen molar-refractivity contribution in [2.24, 2.45) is 0 Å². The number of benzene rings is 2. The molecule has 144 valence electrons. The van der Waals surface area contributed by atoms with Gasteiger partial charge in [-0.15, -0.1) is 0 Å². The quantitative estimate of drug-likeness (QED) is 0.651. The number of rotatable bonds is 5. The summed E-state index contributed by atoms with van der Waals surface area (Å²) in [6.07, 6.45) is 0. The third kappa shape index (κ3) is 3.29. The Morgan fingerprint density at radius 3 is 2.68 bits per heavy atom. The van der Waals surface area contributed by atoms with Gasteiger partial charge in [-0.05, 0) is 24.3 Å². The van der Waals surface area contributed by atoms with Crippen molar-refractivity contribution in [1.82, 2.24) is 15.0 Å². The number of amides is 1. The van der Waals surface area contributed by atoms with E-state index in [0.717, 1.165) is 5.56 Å². The Bertz CT molecular complexity index is 1010. The van der Waals surface area contributed by atoms with Crippen molar-refractivity contribution in [3.8, 4) is 22.9 Å². The molecule has 1 fully saturated rings. The molecule has 1 saturated heterocycles. The summed E-state index contributed by atoms with van der Waals surface area (Å²) >= 11 is 6.01. The normalized spacial score (nSPS) is 13.9. The van der Waals surface area contributed by atoms with Crippen LogP contribution in [0.4, 0.5) is 0 Å². The lowest BCUT2D eigenvalue weighted by atomic mass is 9.98. The first-order chi connectivity index (χ1) is 13.6. The predicted molar refractivity (Wildman–Crippen MR) is 103 cm³/mol.